The van der Waals surface area contributed by atoms with Crippen LogP contribution in [0.1, 0.15) is 29.9 Å². The summed E-state index contributed by atoms with van der Waals surface area (Å²) >= 11 is 7.59. The van der Waals surface area contributed by atoms with Gasteiger partial charge in [0.15, 0.2) is 0 Å². The van der Waals surface area contributed by atoms with Gasteiger partial charge in [-0.15, -0.1) is 11.6 Å². The van der Waals surface area contributed by atoms with Gasteiger partial charge in [-0.2, -0.15) is 0 Å². The van der Waals surface area contributed by atoms with Crippen LogP contribution in [0, 0.1) is 0 Å². The Balaban J connectivity index is 1.70. The van der Waals surface area contributed by atoms with Gasteiger partial charge in [0.25, 0.3) is 0 Å². The molecular weight excluding hydrogens is 260 g/mol. The molecule has 1 fully saturated rings. The van der Waals surface area contributed by atoms with Gasteiger partial charge in [-0.1, -0.05) is 36.0 Å². The molecule has 1 aliphatic rings. The predicted molar refractivity (Wildman–Crippen MR) is 78.5 cm³/mol. The molecule has 0 amide bonds. The number of benzene rings is 2. The second-order valence-electron chi connectivity index (χ2n) is 4.72. The molecule has 0 heterocycles. The zero-order valence-electron chi connectivity index (χ0n) is 10.1. The third-order valence-electron chi connectivity index (χ3n) is 3.24. The monoisotopic (exact) mass is 274 g/mol. The molecule has 3 rings (SSSR count). The van der Waals surface area contributed by atoms with E-state index >= 15 is 0 Å². The van der Waals surface area contributed by atoms with Crippen LogP contribution in [-0.2, 0) is 5.88 Å². The van der Waals surface area contributed by atoms with Crippen molar-refractivity contribution in [1.82, 2.24) is 0 Å². The molecular formula is C16H15ClS. The highest BCUT2D eigenvalue weighted by atomic mass is 35.5. The molecule has 0 nitrogen and oxygen atoms in total. The van der Waals surface area contributed by atoms with Crippen LogP contribution in [0.2, 0.25) is 0 Å². The van der Waals surface area contributed by atoms with Crippen molar-refractivity contribution in [2.75, 3.05) is 0 Å². The van der Waals surface area contributed by atoms with Crippen LogP contribution in [0.15, 0.2) is 58.3 Å². The van der Waals surface area contributed by atoms with Crippen molar-refractivity contribution in [1.29, 1.82) is 0 Å². The topological polar surface area (TPSA) is 0 Å². The molecule has 0 spiro atoms. The van der Waals surface area contributed by atoms with Crippen LogP contribution in [0.5, 0.6) is 0 Å². The first-order chi connectivity index (χ1) is 8.85. The van der Waals surface area contributed by atoms with E-state index in [1.54, 1.807) is 11.8 Å². The number of alkyl halides is 1. The summed E-state index contributed by atoms with van der Waals surface area (Å²) in [5, 5.41) is 0. The van der Waals surface area contributed by atoms with E-state index in [1.165, 1.54) is 33.8 Å². The first kappa shape index (κ1) is 12.1. The van der Waals surface area contributed by atoms with Gasteiger partial charge in [0.1, 0.15) is 0 Å². The van der Waals surface area contributed by atoms with Crippen LogP contribution in [0.3, 0.4) is 0 Å². The van der Waals surface area contributed by atoms with Crippen LogP contribution in [0.25, 0.3) is 0 Å². The highest BCUT2D eigenvalue weighted by Crippen LogP contribution is 2.40. The number of hydrogen-bond donors (Lipinski definition) is 0. The van der Waals surface area contributed by atoms with E-state index < -0.39 is 0 Å². The summed E-state index contributed by atoms with van der Waals surface area (Å²) in [6, 6.07) is 17.5. The number of hydrogen-bond acceptors (Lipinski definition) is 1. The Bertz CT molecular complexity index is 512. The molecule has 18 heavy (non-hydrogen) atoms. The fourth-order valence-corrected chi connectivity index (χ4v) is 3.00. The van der Waals surface area contributed by atoms with Crippen LogP contribution in [0.4, 0.5) is 0 Å². The van der Waals surface area contributed by atoms with Gasteiger partial charge < -0.3 is 0 Å². The van der Waals surface area contributed by atoms with Crippen LogP contribution in [-0.4, -0.2) is 0 Å². The molecule has 0 saturated heterocycles. The maximum absolute atomic E-state index is 5.79. The lowest BCUT2D eigenvalue weighted by molar-refractivity contribution is 1.12. The third-order valence-corrected chi connectivity index (χ3v) is 4.57. The molecule has 2 aromatic carbocycles. The zero-order valence-corrected chi connectivity index (χ0v) is 11.7. The van der Waals surface area contributed by atoms with Gasteiger partial charge in [-0.3, -0.25) is 0 Å². The summed E-state index contributed by atoms with van der Waals surface area (Å²) in [7, 11) is 0. The van der Waals surface area contributed by atoms with Gasteiger partial charge in [0, 0.05) is 15.7 Å². The third kappa shape index (κ3) is 2.90. The van der Waals surface area contributed by atoms with E-state index in [2.05, 4.69) is 48.5 Å². The van der Waals surface area contributed by atoms with E-state index in [1.807, 2.05) is 0 Å². The maximum Gasteiger partial charge on any atom is 0.0474 e. The van der Waals surface area contributed by atoms with E-state index in [-0.39, 0.29) is 0 Å². The van der Waals surface area contributed by atoms with Crippen LogP contribution >= 0.6 is 23.4 Å². The average molecular weight is 275 g/mol. The Kier molecular flexibility index (Phi) is 3.62. The van der Waals surface area contributed by atoms with E-state index in [4.69, 9.17) is 11.6 Å². The lowest BCUT2D eigenvalue weighted by Crippen LogP contribution is -1.80. The molecule has 2 heteroatoms. The SMILES string of the molecule is ClCc1ccc(Sc2ccc(C3CC3)cc2)cc1. The predicted octanol–water partition coefficient (Wildman–Crippen LogP) is 5.45. The summed E-state index contributed by atoms with van der Waals surface area (Å²) in [4.78, 5) is 2.57. The lowest BCUT2D eigenvalue weighted by Gasteiger charge is -2.04. The van der Waals surface area contributed by atoms with Crippen molar-refractivity contribution in [3.8, 4) is 0 Å². The second-order valence-corrected chi connectivity index (χ2v) is 6.14. The molecule has 92 valence electrons. The Morgan fingerprint density at radius 1 is 0.889 bits per heavy atom. The highest BCUT2D eigenvalue weighted by molar-refractivity contribution is 7.99. The molecule has 0 bridgehead atoms. The summed E-state index contributed by atoms with van der Waals surface area (Å²) in [5.74, 6) is 1.42. The first-order valence-electron chi connectivity index (χ1n) is 6.28. The lowest BCUT2D eigenvalue weighted by atomic mass is 10.1. The van der Waals surface area contributed by atoms with Crippen molar-refractivity contribution in [2.24, 2.45) is 0 Å². The summed E-state index contributed by atoms with van der Waals surface area (Å²) in [5.41, 5.74) is 2.67. The van der Waals surface area contributed by atoms with Gasteiger partial charge >= 0.3 is 0 Å². The molecule has 0 unspecified atom stereocenters. The fourth-order valence-electron chi connectivity index (χ4n) is 2.01. The number of rotatable bonds is 4. The van der Waals surface area contributed by atoms with Gasteiger partial charge in [-0.25, -0.2) is 0 Å². The molecule has 1 aliphatic carbocycles. The summed E-state index contributed by atoms with van der Waals surface area (Å²) in [6.07, 6.45) is 2.73. The fraction of sp³-hybridized carbons (Fsp3) is 0.250. The zero-order chi connectivity index (χ0) is 12.4. The van der Waals surface area contributed by atoms with Gasteiger partial charge in [-0.05, 0) is 54.2 Å². The second kappa shape index (κ2) is 5.38. The van der Waals surface area contributed by atoms with Crippen molar-refractivity contribution in [3.05, 3.63) is 59.7 Å². The highest BCUT2D eigenvalue weighted by Gasteiger charge is 2.22. The van der Waals surface area contributed by atoms with Crippen molar-refractivity contribution < 1.29 is 0 Å². The summed E-state index contributed by atoms with van der Waals surface area (Å²) in [6.45, 7) is 0. The normalized spacial score (nSPS) is 14.7. The van der Waals surface area contributed by atoms with Crippen molar-refractivity contribution in [3.63, 3.8) is 0 Å². The molecule has 2 aromatic rings. The summed E-state index contributed by atoms with van der Waals surface area (Å²) < 4.78 is 0. The Labute approximate surface area is 117 Å². The van der Waals surface area contributed by atoms with Gasteiger partial charge in [0.05, 0.1) is 0 Å². The Hall–Kier alpha value is -0.920. The largest absolute Gasteiger partial charge is 0.122 e. The first-order valence-corrected chi connectivity index (χ1v) is 7.63. The van der Waals surface area contributed by atoms with Crippen molar-refractivity contribution in [2.45, 2.75) is 34.4 Å². The number of halogens is 1. The molecule has 0 radical (unpaired) electrons. The Morgan fingerprint density at radius 3 is 1.94 bits per heavy atom. The van der Waals surface area contributed by atoms with Crippen LogP contribution < -0.4 is 0 Å². The smallest absolute Gasteiger partial charge is 0.0474 e. The molecule has 0 atom stereocenters. The minimum atomic E-state index is 0.584. The molecule has 1 saturated carbocycles. The van der Waals surface area contributed by atoms with Crippen molar-refractivity contribution >= 4 is 23.4 Å². The van der Waals surface area contributed by atoms with E-state index in [0.29, 0.717) is 5.88 Å². The Morgan fingerprint density at radius 2 is 1.44 bits per heavy atom. The maximum atomic E-state index is 5.79. The minimum absolute atomic E-state index is 0.584. The average Bonchev–Trinajstić information content (AvgIpc) is 3.25. The van der Waals surface area contributed by atoms with E-state index in [0.717, 1.165) is 5.92 Å². The molecule has 0 aliphatic heterocycles. The molecule has 0 N–H and O–H groups in total. The van der Waals surface area contributed by atoms with E-state index in [9.17, 15) is 0 Å². The quantitative estimate of drug-likeness (QED) is 0.668. The van der Waals surface area contributed by atoms with Gasteiger partial charge in [0.2, 0.25) is 0 Å². The molecule has 0 aromatic heterocycles. The standard InChI is InChI=1S/C16H15ClS/c17-11-12-1-7-15(8-2-12)18-16-9-5-14(6-10-16)13-3-4-13/h1-2,5-10,13H,3-4,11H2. The minimum Gasteiger partial charge on any atom is -0.122 e.